The van der Waals surface area contributed by atoms with Gasteiger partial charge in [-0.1, -0.05) is 0 Å². The number of hydrogen-bond acceptors (Lipinski definition) is 9. The SMILES string of the molecule is COC(=O)c1c(C)cnn1-c1ccc(Br)c(F)c1[N+](=O)[O-].Cc1cnn(-c2ccc(Br)c(F)c2[N+](=O)[O-])c1C(=O)O. The zero-order valence-corrected chi connectivity index (χ0v) is 24.1. The highest BCUT2D eigenvalue weighted by Gasteiger charge is 2.29. The Morgan fingerprint density at radius 2 is 1.24 bits per heavy atom. The third-order valence-electron chi connectivity index (χ3n) is 5.40. The highest BCUT2D eigenvalue weighted by molar-refractivity contribution is 9.10. The van der Waals surface area contributed by atoms with E-state index in [4.69, 9.17) is 5.11 Å². The molecule has 41 heavy (non-hydrogen) atoms. The number of carboxylic acids is 1. The van der Waals surface area contributed by atoms with Crippen LogP contribution in [0.1, 0.15) is 32.1 Å². The van der Waals surface area contributed by atoms with E-state index in [0.717, 1.165) is 9.36 Å². The summed E-state index contributed by atoms with van der Waals surface area (Å²) in [5.41, 5.74) is -1.51. The number of ether oxygens (including phenoxy) is 1. The minimum Gasteiger partial charge on any atom is -0.477 e. The minimum absolute atomic E-state index is 0.00215. The molecule has 0 saturated heterocycles. The van der Waals surface area contributed by atoms with Gasteiger partial charge in [0, 0.05) is 11.1 Å². The number of hydrogen-bond donors (Lipinski definition) is 1. The van der Waals surface area contributed by atoms with Crippen molar-refractivity contribution in [2.75, 3.05) is 7.11 Å². The van der Waals surface area contributed by atoms with E-state index >= 15 is 0 Å². The van der Waals surface area contributed by atoms with Gasteiger partial charge in [0.25, 0.3) is 0 Å². The van der Waals surface area contributed by atoms with Gasteiger partial charge in [-0.25, -0.2) is 19.0 Å². The first-order valence-electron chi connectivity index (χ1n) is 10.9. The van der Waals surface area contributed by atoms with Crippen molar-refractivity contribution in [3.8, 4) is 11.4 Å². The first-order valence-corrected chi connectivity index (χ1v) is 12.5. The van der Waals surface area contributed by atoms with Crippen LogP contribution in [-0.4, -0.2) is 53.6 Å². The number of aromatic carboxylic acids is 1. The molecule has 0 atom stereocenters. The number of halogens is 4. The molecule has 0 bridgehead atoms. The first kappa shape index (κ1) is 31.0. The van der Waals surface area contributed by atoms with E-state index in [2.05, 4.69) is 46.8 Å². The predicted molar refractivity (Wildman–Crippen MR) is 144 cm³/mol. The molecule has 0 aliphatic carbocycles. The lowest BCUT2D eigenvalue weighted by Gasteiger charge is -2.08. The number of benzene rings is 2. The van der Waals surface area contributed by atoms with E-state index in [1.807, 2.05) is 0 Å². The average molecular weight is 702 g/mol. The summed E-state index contributed by atoms with van der Waals surface area (Å²) in [6.45, 7) is 3.09. The van der Waals surface area contributed by atoms with Crippen LogP contribution in [0.2, 0.25) is 0 Å². The molecule has 14 nitrogen and oxygen atoms in total. The van der Waals surface area contributed by atoms with Crippen LogP contribution in [0, 0.1) is 45.7 Å². The van der Waals surface area contributed by atoms with Gasteiger partial charge in [0.15, 0.2) is 11.4 Å². The Labute approximate surface area is 244 Å². The van der Waals surface area contributed by atoms with E-state index < -0.39 is 44.8 Å². The van der Waals surface area contributed by atoms with Crippen LogP contribution in [-0.2, 0) is 4.74 Å². The van der Waals surface area contributed by atoms with E-state index in [-0.39, 0.29) is 31.7 Å². The van der Waals surface area contributed by atoms with Gasteiger partial charge in [-0.2, -0.15) is 19.0 Å². The summed E-state index contributed by atoms with van der Waals surface area (Å²) in [5, 5.41) is 38.9. The molecule has 0 fully saturated rings. The third-order valence-corrected chi connectivity index (χ3v) is 6.63. The summed E-state index contributed by atoms with van der Waals surface area (Å²) in [6.07, 6.45) is 2.59. The maximum absolute atomic E-state index is 14.0. The summed E-state index contributed by atoms with van der Waals surface area (Å²) in [5.74, 6) is -4.15. The molecule has 4 rings (SSSR count). The third kappa shape index (κ3) is 5.97. The maximum Gasteiger partial charge on any atom is 0.357 e. The molecule has 18 heteroatoms. The number of carboxylic acid groups (broad SMARTS) is 1. The van der Waals surface area contributed by atoms with E-state index in [9.17, 15) is 38.6 Å². The van der Waals surface area contributed by atoms with Crippen LogP contribution >= 0.6 is 31.9 Å². The van der Waals surface area contributed by atoms with Crippen molar-refractivity contribution >= 4 is 55.2 Å². The zero-order chi connectivity index (χ0) is 30.8. The van der Waals surface area contributed by atoms with Gasteiger partial charge in [0.2, 0.25) is 11.6 Å². The molecule has 2 aromatic carbocycles. The van der Waals surface area contributed by atoms with Crippen LogP contribution in [0.15, 0.2) is 45.6 Å². The molecule has 0 saturated carbocycles. The largest absolute Gasteiger partial charge is 0.477 e. The average Bonchev–Trinajstić information content (AvgIpc) is 3.48. The molecule has 0 unspecified atom stereocenters. The van der Waals surface area contributed by atoms with Crippen LogP contribution in [0.25, 0.3) is 11.4 Å². The monoisotopic (exact) mass is 700 g/mol. The molecule has 2 heterocycles. The molecule has 0 spiro atoms. The number of aryl methyl sites for hydroxylation is 2. The molecule has 0 aliphatic rings. The van der Waals surface area contributed by atoms with Crippen molar-refractivity contribution < 1.29 is 38.1 Å². The van der Waals surface area contributed by atoms with Crippen LogP contribution < -0.4 is 0 Å². The quantitative estimate of drug-likeness (QED) is 0.154. The molecule has 0 aliphatic heterocycles. The Hall–Kier alpha value is -4.58. The second-order valence-corrected chi connectivity index (χ2v) is 9.65. The number of nitro groups is 2. The number of methoxy groups -OCH3 is 1. The molecule has 1 N–H and O–H groups in total. The highest BCUT2D eigenvalue weighted by atomic mass is 79.9. The maximum atomic E-state index is 14.0. The summed E-state index contributed by atoms with van der Waals surface area (Å²) in [4.78, 5) is 43.3. The number of aromatic nitrogens is 4. The molecular weight excluding hydrogens is 686 g/mol. The Bertz CT molecular complexity index is 1720. The molecule has 0 amide bonds. The lowest BCUT2D eigenvalue weighted by Crippen LogP contribution is -2.13. The van der Waals surface area contributed by atoms with E-state index in [0.29, 0.717) is 11.1 Å². The number of carbonyl (C=O) groups is 2. The van der Waals surface area contributed by atoms with Gasteiger partial charge in [-0.15, -0.1) is 0 Å². The van der Waals surface area contributed by atoms with Crippen molar-refractivity contribution in [3.63, 3.8) is 0 Å². The Morgan fingerprint density at radius 1 is 0.854 bits per heavy atom. The summed E-state index contributed by atoms with van der Waals surface area (Å²) >= 11 is 5.73. The van der Waals surface area contributed by atoms with Crippen molar-refractivity contribution in [2.45, 2.75) is 13.8 Å². The second-order valence-electron chi connectivity index (χ2n) is 7.95. The normalized spacial score (nSPS) is 10.5. The minimum atomic E-state index is -1.31. The second kappa shape index (κ2) is 12.3. The summed E-state index contributed by atoms with van der Waals surface area (Å²) in [7, 11) is 1.18. The fraction of sp³-hybridized carbons (Fsp3) is 0.130. The van der Waals surface area contributed by atoms with E-state index in [1.165, 1.54) is 50.7 Å². The topological polar surface area (TPSA) is 186 Å². The summed E-state index contributed by atoms with van der Waals surface area (Å²) in [6, 6.07) is 5.07. The first-order chi connectivity index (χ1) is 19.2. The van der Waals surface area contributed by atoms with Crippen molar-refractivity contribution in [1.82, 2.24) is 19.6 Å². The molecule has 214 valence electrons. The van der Waals surface area contributed by atoms with Crippen molar-refractivity contribution in [2.24, 2.45) is 0 Å². The lowest BCUT2D eigenvalue weighted by atomic mass is 10.2. The van der Waals surface area contributed by atoms with Gasteiger partial charge < -0.3 is 9.84 Å². The fourth-order valence-corrected chi connectivity index (χ4v) is 4.22. The molecule has 0 radical (unpaired) electrons. The van der Waals surface area contributed by atoms with Crippen LogP contribution in [0.5, 0.6) is 0 Å². The lowest BCUT2D eigenvalue weighted by molar-refractivity contribution is -0.387. The molecule has 2 aromatic heterocycles. The smallest absolute Gasteiger partial charge is 0.357 e. The standard InChI is InChI=1S/C12H9BrFN3O4.C11H7BrFN3O4/c1-6-5-15-16(10(6)12(18)21-2)8-4-3-7(13)9(14)11(8)17(19)20;1-5-4-14-15(9(5)11(17)18)7-3-2-6(12)8(13)10(7)16(19)20/h3-5H,1-2H3;2-4H,1H3,(H,17,18). The Morgan fingerprint density at radius 3 is 1.61 bits per heavy atom. The van der Waals surface area contributed by atoms with Gasteiger partial charge >= 0.3 is 23.3 Å². The van der Waals surface area contributed by atoms with Gasteiger partial charge in [0.05, 0.1) is 38.3 Å². The van der Waals surface area contributed by atoms with Crippen LogP contribution in [0.3, 0.4) is 0 Å². The number of carbonyl (C=O) groups excluding carboxylic acids is 1. The molecular formula is C23H16Br2F2N6O8. The highest BCUT2D eigenvalue weighted by Crippen LogP contribution is 2.33. The molecule has 4 aromatic rings. The van der Waals surface area contributed by atoms with E-state index in [1.54, 1.807) is 6.92 Å². The number of rotatable bonds is 6. The number of nitrogens with zero attached hydrogens (tertiary/aromatic N) is 6. The Balaban J connectivity index is 0.000000226. The van der Waals surface area contributed by atoms with Gasteiger partial charge in [0.1, 0.15) is 11.4 Å². The van der Waals surface area contributed by atoms with Crippen molar-refractivity contribution in [1.29, 1.82) is 0 Å². The number of nitro benzene ring substituents is 2. The number of esters is 1. The van der Waals surface area contributed by atoms with Gasteiger partial charge in [-0.3, -0.25) is 20.2 Å². The zero-order valence-electron chi connectivity index (χ0n) is 21.0. The van der Waals surface area contributed by atoms with Gasteiger partial charge in [-0.05, 0) is 70.0 Å². The predicted octanol–water partition coefficient (Wildman–Crippen LogP) is 5.47. The summed E-state index contributed by atoms with van der Waals surface area (Å²) < 4.78 is 34.1. The fourth-order valence-electron chi connectivity index (χ4n) is 3.58. The Kier molecular flexibility index (Phi) is 9.28. The van der Waals surface area contributed by atoms with Crippen LogP contribution in [0.4, 0.5) is 20.2 Å². The van der Waals surface area contributed by atoms with Crippen molar-refractivity contribution in [3.05, 3.63) is 100.0 Å².